The van der Waals surface area contributed by atoms with Crippen LogP contribution in [0.4, 0.5) is 5.69 Å². The number of fused-ring (bicyclic) bond motifs is 1. The van der Waals surface area contributed by atoms with E-state index in [1.165, 1.54) is 5.56 Å². The third-order valence-corrected chi connectivity index (χ3v) is 7.21. The van der Waals surface area contributed by atoms with Crippen molar-refractivity contribution >= 4 is 26.6 Å². The Morgan fingerprint density at radius 2 is 1.77 bits per heavy atom. The number of anilines is 1. The molecule has 2 aromatic carbocycles. The van der Waals surface area contributed by atoms with Gasteiger partial charge in [-0.05, 0) is 61.2 Å². The minimum absolute atomic E-state index is 0.0365. The van der Waals surface area contributed by atoms with Gasteiger partial charge in [0.05, 0.1) is 10.6 Å². The molecule has 0 radical (unpaired) electrons. The standard InChI is InChI=1S/C21H24N2O2S/c1-2-16-7-9-19(10-8-16)23(18-5-3-4-6-18)26(24,25)20-11-12-21-17(15-20)13-14-22-21/h7-15,18,22H,2-6H2,1H3. The molecular formula is C21H24N2O2S. The molecule has 26 heavy (non-hydrogen) atoms. The fraction of sp³-hybridized carbons (Fsp3) is 0.333. The van der Waals surface area contributed by atoms with Crippen LogP contribution in [0.25, 0.3) is 10.9 Å². The zero-order valence-corrected chi connectivity index (χ0v) is 15.8. The van der Waals surface area contributed by atoms with E-state index in [2.05, 4.69) is 11.9 Å². The Labute approximate surface area is 154 Å². The molecular weight excluding hydrogens is 344 g/mol. The average Bonchev–Trinajstić information content (AvgIpc) is 3.33. The molecule has 0 atom stereocenters. The smallest absolute Gasteiger partial charge is 0.264 e. The molecule has 1 aromatic heterocycles. The highest BCUT2D eigenvalue weighted by molar-refractivity contribution is 7.92. The molecule has 0 aliphatic heterocycles. The van der Waals surface area contributed by atoms with Crippen molar-refractivity contribution in [3.63, 3.8) is 0 Å². The largest absolute Gasteiger partial charge is 0.361 e. The Balaban J connectivity index is 1.80. The number of H-pyrrole nitrogens is 1. The van der Waals surface area contributed by atoms with Crippen LogP contribution in [0.15, 0.2) is 59.6 Å². The molecule has 0 amide bonds. The third-order valence-electron chi connectivity index (χ3n) is 5.34. The van der Waals surface area contributed by atoms with E-state index in [1.807, 2.05) is 42.6 Å². The van der Waals surface area contributed by atoms with Crippen LogP contribution in [0.2, 0.25) is 0 Å². The Hall–Kier alpha value is -2.27. The predicted molar refractivity (Wildman–Crippen MR) is 106 cm³/mol. The topological polar surface area (TPSA) is 53.2 Å². The molecule has 1 fully saturated rings. The van der Waals surface area contributed by atoms with Crippen molar-refractivity contribution in [2.45, 2.75) is 50.0 Å². The number of hydrogen-bond acceptors (Lipinski definition) is 2. The van der Waals surface area contributed by atoms with Gasteiger partial charge in [0.15, 0.2) is 0 Å². The van der Waals surface area contributed by atoms with E-state index in [0.29, 0.717) is 4.90 Å². The van der Waals surface area contributed by atoms with Crippen LogP contribution in [0, 0.1) is 0 Å². The molecule has 0 unspecified atom stereocenters. The number of aromatic amines is 1. The summed E-state index contributed by atoms with van der Waals surface area (Å²) in [5.41, 5.74) is 2.93. The zero-order valence-electron chi connectivity index (χ0n) is 15.0. The molecule has 1 aliphatic carbocycles. The van der Waals surface area contributed by atoms with Crippen molar-refractivity contribution in [1.29, 1.82) is 0 Å². The van der Waals surface area contributed by atoms with E-state index < -0.39 is 10.0 Å². The summed E-state index contributed by atoms with van der Waals surface area (Å²) in [7, 11) is -3.61. The van der Waals surface area contributed by atoms with Gasteiger partial charge in [0.2, 0.25) is 0 Å². The van der Waals surface area contributed by atoms with Crippen molar-refractivity contribution in [2.24, 2.45) is 0 Å². The van der Waals surface area contributed by atoms with Crippen molar-refractivity contribution < 1.29 is 8.42 Å². The van der Waals surface area contributed by atoms with E-state index in [0.717, 1.165) is 48.7 Å². The summed E-state index contributed by atoms with van der Waals surface area (Å²) in [6.07, 6.45) is 6.78. The van der Waals surface area contributed by atoms with E-state index in [4.69, 9.17) is 0 Å². The number of aromatic nitrogens is 1. The lowest BCUT2D eigenvalue weighted by Gasteiger charge is -2.30. The van der Waals surface area contributed by atoms with Crippen molar-refractivity contribution in [1.82, 2.24) is 4.98 Å². The van der Waals surface area contributed by atoms with Gasteiger partial charge in [-0.15, -0.1) is 0 Å². The summed E-state index contributed by atoms with van der Waals surface area (Å²) in [4.78, 5) is 3.48. The summed E-state index contributed by atoms with van der Waals surface area (Å²) in [5.74, 6) is 0. The minimum Gasteiger partial charge on any atom is -0.361 e. The number of nitrogens with one attached hydrogen (secondary N) is 1. The van der Waals surface area contributed by atoms with E-state index in [1.54, 1.807) is 16.4 Å². The first-order valence-corrected chi connectivity index (χ1v) is 10.7. The summed E-state index contributed by atoms with van der Waals surface area (Å²) in [5, 5.41) is 0.916. The Kier molecular flexibility index (Phi) is 4.49. The third kappa shape index (κ3) is 3.01. The monoisotopic (exact) mass is 368 g/mol. The highest BCUT2D eigenvalue weighted by atomic mass is 32.2. The fourth-order valence-corrected chi connectivity index (χ4v) is 5.61. The first kappa shape index (κ1) is 17.2. The second kappa shape index (κ2) is 6.80. The van der Waals surface area contributed by atoms with Crippen LogP contribution in [0.1, 0.15) is 38.2 Å². The molecule has 1 N–H and O–H groups in total. The molecule has 0 saturated heterocycles. The van der Waals surface area contributed by atoms with E-state index in [-0.39, 0.29) is 6.04 Å². The number of benzene rings is 2. The maximum atomic E-state index is 13.6. The lowest BCUT2D eigenvalue weighted by atomic mass is 10.1. The maximum Gasteiger partial charge on any atom is 0.264 e. The highest BCUT2D eigenvalue weighted by Crippen LogP contribution is 2.34. The molecule has 5 heteroatoms. The minimum atomic E-state index is -3.61. The lowest BCUT2D eigenvalue weighted by Crippen LogP contribution is -2.39. The van der Waals surface area contributed by atoms with Gasteiger partial charge in [0, 0.05) is 23.1 Å². The van der Waals surface area contributed by atoms with E-state index >= 15 is 0 Å². The highest BCUT2D eigenvalue weighted by Gasteiger charge is 2.33. The van der Waals surface area contributed by atoms with E-state index in [9.17, 15) is 8.42 Å². The predicted octanol–water partition coefficient (Wildman–Crippen LogP) is 4.87. The zero-order chi connectivity index (χ0) is 18.1. The Morgan fingerprint density at radius 3 is 2.46 bits per heavy atom. The van der Waals surface area contributed by atoms with Crippen LogP contribution >= 0.6 is 0 Å². The molecule has 1 aliphatic rings. The molecule has 0 spiro atoms. The SMILES string of the molecule is CCc1ccc(N(C2CCCC2)S(=O)(=O)c2ccc3[nH]ccc3c2)cc1. The quantitative estimate of drug-likeness (QED) is 0.698. The number of hydrogen-bond donors (Lipinski definition) is 1. The molecule has 136 valence electrons. The number of nitrogens with zero attached hydrogens (tertiary/aromatic N) is 1. The van der Waals surface area contributed by atoms with Crippen molar-refractivity contribution in [3.05, 3.63) is 60.3 Å². The lowest BCUT2D eigenvalue weighted by molar-refractivity contribution is 0.575. The van der Waals surface area contributed by atoms with Gasteiger partial charge in [-0.1, -0.05) is 31.9 Å². The number of sulfonamides is 1. The molecule has 1 heterocycles. The molecule has 0 bridgehead atoms. The van der Waals surface area contributed by atoms with Crippen LogP contribution in [0.5, 0.6) is 0 Å². The van der Waals surface area contributed by atoms with Crippen molar-refractivity contribution in [2.75, 3.05) is 4.31 Å². The Bertz CT molecular complexity index is 1000. The second-order valence-corrected chi connectivity index (χ2v) is 8.80. The summed E-state index contributed by atoms with van der Waals surface area (Å²) in [6, 6.07) is 15.2. The van der Waals surface area contributed by atoms with Gasteiger partial charge in [-0.2, -0.15) is 0 Å². The summed E-state index contributed by atoms with van der Waals surface area (Å²) >= 11 is 0. The first-order valence-electron chi connectivity index (χ1n) is 9.30. The van der Waals surface area contributed by atoms with Gasteiger partial charge >= 0.3 is 0 Å². The molecule has 3 aromatic rings. The summed E-state index contributed by atoms with van der Waals surface area (Å²) in [6.45, 7) is 2.10. The normalized spacial score (nSPS) is 15.6. The Morgan fingerprint density at radius 1 is 1.04 bits per heavy atom. The van der Waals surface area contributed by atoms with Crippen LogP contribution < -0.4 is 4.31 Å². The molecule has 4 rings (SSSR count). The van der Waals surface area contributed by atoms with Crippen molar-refractivity contribution in [3.8, 4) is 0 Å². The van der Waals surface area contributed by atoms with Crippen LogP contribution in [-0.2, 0) is 16.4 Å². The number of aryl methyl sites for hydroxylation is 1. The van der Waals surface area contributed by atoms with Gasteiger partial charge in [0.1, 0.15) is 0 Å². The average molecular weight is 369 g/mol. The molecule has 4 nitrogen and oxygen atoms in total. The fourth-order valence-electron chi connectivity index (χ4n) is 3.87. The molecule has 1 saturated carbocycles. The van der Waals surface area contributed by atoms with Crippen LogP contribution in [-0.4, -0.2) is 19.4 Å². The first-order chi connectivity index (χ1) is 12.6. The van der Waals surface area contributed by atoms with Crippen LogP contribution in [0.3, 0.4) is 0 Å². The van der Waals surface area contributed by atoms with Gasteiger partial charge in [-0.3, -0.25) is 4.31 Å². The summed E-state index contributed by atoms with van der Waals surface area (Å²) < 4.78 is 28.8. The maximum absolute atomic E-state index is 13.6. The second-order valence-electron chi connectivity index (χ2n) is 6.99. The van der Waals surface area contributed by atoms with Gasteiger partial charge in [-0.25, -0.2) is 8.42 Å². The number of rotatable bonds is 5. The van der Waals surface area contributed by atoms with Gasteiger partial charge < -0.3 is 4.98 Å². The van der Waals surface area contributed by atoms with Gasteiger partial charge in [0.25, 0.3) is 10.0 Å².